The van der Waals surface area contributed by atoms with E-state index in [1.54, 1.807) is 0 Å². The third kappa shape index (κ3) is 3.60. The molecule has 0 fully saturated rings. The van der Waals surface area contributed by atoms with Crippen LogP contribution < -0.4 is 11.5 Å². The molecular weight excluding hydrogens is 324 g/mol. The molecule has 0 bridgehead atoms. The monoisotopic (exact) mass is 340 g/mol. The molecule has 0 unspecified atom stereocenters. The van der Waals surface area contributed by atoms with Gasteiger partial charge in [0.2, 0.25) is 0 Å². The minimum atomic E-state index is -2.66. The first-order valence-electron chi connectivity index (χ1n) is 7.07. The molecule has 2 aliphatic heterocycles. The van der Waals surface area contributed by atoms with Crippen molar-refractivity contribution in [2.24, 2.45) is 11.5 Å². The van der Waals surface area contributed by atoms with E-state index < -0.39 is 35.6 Å². The van der Waals surface area contributed by atoms with Gasteiger partial charge in [-0.2, -0.15) is 0 Å². The van der Waals surface area contributed by atoms with Crippen molar-refractivity contribution < 1.29 is 38.1 Å². The summed E-state index contributed by atoms with van der Waals surface area (Å²) in [5, 5.41) is 0. The highest BCUT2D eigenvalue weighted by atomic mass is 16.8. The fourth-order valence-corrected chi connectivity index (χ4v) is 2.15. The molecule has 2 rings (SSSR count). The molecule has 0 amide bonds. The number of esters is 4. The molecule has 0 spiro atoms. The Kier molecular flexibility index (Phi) is 5.00. The molecule has 0 aromatic carbocycles. The van der Waals surface area contributed by atoms with Gasteiger partial charge in [-0.3, -0.25) is 5.73 Å². The highest BCUT2D eigenvalue weighted by molar-refractivity contribution is 5.95. The molecule has 10 heteroatoms. The Balaban J connectivity index is 2.43. The van der Waals surface area contributed by atoms with Crippen LogP contribution >= 0.6 is 0 Å². The summed E-state index contributed by atoms with van der Waals surface area (Å²) < 4.78 is 20.0. The molecular formula is C14H16N2O8. The van der Waals surface area contributed by atoms with Crippen LogP contribution in [-0.2, 0) is 38.1 Å². The normalized spacial score (nSPS) is 21.9. The second-order valence-corrected chi connectivity index (χ2v) is 5.02. The molecule has 0 saturated heterocycles. The third-order valence-corrected chi connectivity index (χ3v) is 3.24. The van der Waals surface area contributed by atoms with Gasteiger partial charge in [-0.05, 0) is 19.4 Å². The van der Waals surface area contributed by atoms with Gasteiger partial charge in [0.1, 0.15) is 0 Å². The average molecular weight is 340 g/mol. The van der Waals surface area contributed by atoms with E-state index in [-0.39, 0.29) is 12.8 Å². The Hall–Kier alpha value is -2.72. The summed E-state index contributed by atoms with van der Waals surface area (Å²) in [7, 11) is 0. The lowest BCUT2D eigenvalue weighted by Crippen LogP contribution is -2.68. The number of nitrogens with two attached hydrogens (primary N) is 2. The SMILES string of the molecule is NCCCCC1(C2(N)OC(=O)C=CC(=O)O2)OC(=O)C=CC(=O)O1. The van der Waals surface area contributed by atoms with Gasteiger partial charge in [-0.25, -0.2) is 19.2 Å². The molecule has 24 heavy (non-hydrogen) atoms. The lowest BCUT2D eigenvalue weighted by Gasteiger charge is -2.41. The Morgan fingerprint density at radius 1 is 0.750 bits per heavy atom. The van der Waals surface area contributed by atoms with Gasteiger partial charge in [-0.1, -0.05) is 0 Å². The number of rotatable bonds is 5. The summed E-state index contributed by atoms with van der Waals surface area (Å²) in [5.74, 6) is -9.05. The standard InChI is InChI=1S/C14H16N2O8/c15-8-2-1-7-13(21-9(17)3-4-10(18)22-13)14(16)23-11(19)5-6-12(20)24-14/h3-6H,1-2,7-8,15-16H2. The van der Waals surface area contributed by atoms with Gasteiger partial charge in [0.05, 0.1) is 0 Å². The number of carbonyl (C=O) groups is 4. The second kappa shape index (κ2) is 6.81. The second-order valence-electron chi connectivity index (χ2n) is 5.02. The van der Waals surface area contributed by atoms with E-state index in [2.05, 4.69) is 0 Å². The lowest BCUT2D eigenvalue weighted by molar-refractivity contribution is -0.359. The minimum absolute atomic E-state index is 0.208. The van der Waals surface area contributed by atoms with E-state index in [1.807, 2.05) is 0 Å². The zero-order valence-electron chi connectivity index (χ0n) is 12.6. The first-order valence-corrected chi connectivity index (χ1v) is 7.07. The molecule has 4 N–H and O–H groups in total. The van der Waals surface area contributed by atoms with Crippen molar-refractivity contribution in [3.8, 4) is 0 Å². The van der Waals surface area contributed by atoms with Crippen molar-refractivity contribution in [2.75, 3.05) is 6.54 Å². The van der Waals surface area contributed by atoms with Crippen molar-refractivity contribution in [1.29, 1.82) is 0 Å². The summed E-state index contributed by atoms with van der Waals surface area (Å²) in [4.78, 5) is 46.9. The van der Waals surface area contributed by atoms with Crippen LogP contribution in [0.25, 0.3) is 0 Å². The summed E-state index contributed by atoms with van der Waals surface area (Å²) in [6, 6.07) is 0. The summed E-state index contributed by atoms with van der Waals surface area (Å²) >= 11 is 0. The van der Waals surface area contributed by atoms with Crippen LogP contribution in [0.5, 0.6) is 0 Å². The van der Waals surface area contributed by atoms with Crippen molar-refractivity contribution in [3.63, 3.8) is 0 Å². The molecule has 0 radical (unpaired) electrons. The largest absolute Gasteiger partial charge is 0.410 e. The first-order chi connectivity index (χ1) is 11.3. The maximum absolute atomic E-state index is 11.8. The van der Waals surface area contributed by atoms with Crippen LogP contribution in [0.15, 0.2) is 24.3 Å². The Morgan fingerprint density at radius 2 is 1.17 bits per heavy atom. The third-order valence-electron chi connectivity index (χ3n) is 3.24. The zero-order chi connectivity index (χ0) is 17.8. The summed E-state index contributed by atoms with van der Waals surface area (Å²) in [5.41, 5.74) is 11.3. The number of cyclic esters (lactones) is 4. The van der Waals surface area contributed by atoms with Crippen molar-refractivity contribution in [2.45, 2.75) is 31.0 Å². The van der Waals surface area contributed by atoms with Gasteiger partial charge in [0, 0.05) is 30.7 Å². The fourth-order valence-electron chi connectivity index (χ4n) is 2.15. The van der Waals surface area contributed by atoms with Crippen molar-refractivity contribution in [3.05, 3.63) is 24.3 Å². The molecule has 0 atom stereocenters. The topological polar surface area (TPSA) is 157 Å². The minimum Gasteiger partial charge on any atom is -0.410 e. The van der Waals surface area contributed by atoms with E-state index in [4.69, 9.17) is 30.4 Å². The predicted octanol–water partition coefficient (Wildman–Crippen LogP) is -1.26. The number of hydrogen-bond donors (Lipinski definition) is 2. The Bertz CT molecular complexity index is 584. The predicted molar refractivity (Wildman–Crippen MR) is 75.2 cm³/mol. The highest BCUT2D eigenvalue weighted by Gasteiger charge is 2.63. The quantitative estimate of drug-likeness (QED) is 0.457. The molecule has 10 nitrogen and oxygen atoms in total. The van der Waals surface area contributed by atoms with Crippen molar-refractivity contribution in [1.82, 2.24) is 0 Å². The molecule has 2 aliphatic rings. The smallest absolute Gasteiger partial charge is 0.397 e. The van der Waals surface area contributed by atoms with Crippen LogP contribution in [0.4, 0.5) is 0 Å². The Labute approximate surface area is 136 Å². The van der Waals surface area contributed by atoms with Crippen molar-refractivity contribution >= 4 is 23.9 Å². The van der Waals surface area contributed by atoms with Gasteiger partial charge in [0.15, 0.2) is 0 Å². The van der Waals surface area contributed by atoms with Gasteiger partial charge < -0.3 is 24.7 Å². The van der Waals surface area contributed by atoms with Crippen LogP contribution in [0, 0.1) is 0 Å². The van der Waals surface area contributed by atoms with E-state index in [0.717, 1.165) is 24.3 Å². The number of ether oxygens (including phenoxy) is 4. The van der Waals surface area contributed by atoms with Crippen LogP contribution in [0.2, 0.25) is 0 Å². The maximum atomic E-state index is 11.8. The molecule has 130 valence electrons. The lowest BCUT2D eigenvalue weighted by atomic mass is 10.0. The molecule has 0 aromatic rings. The summed E-state index contributed by atoms with van der Waals surface area (Å²) in [6.07, 6.45) is 3.72. The summed E-state index contributed by atoms with van der Waals surface area (Å²) in [6.45, 7) is 0.301. The number of unbranched alkanes of at least 4 members (excludes halogenated alkanes) is 1. The fraction of sp³-hybridized carbons (Fsp3) is 0.429. The van der Waals surface area contributed by atoms with Crippen LogP contribution in [0.3, 0.4) is 0 Å². The van der Waals surface area contributed by atoms with Gasteiger partial charge >= 0.3 is 35.6 Å². The Morgan fingerprint density at radius 3 is 1.58 bits per heavy atom. The average Bonchev–Trinajstić information content (AvgIpc) is 2.73. The molecule has 0 saturated carbocycles. The maximum Gasteiger partial charge on any atom is 0.397 e. The zero-order valence-corrected chi connectivity index (χ0v) is 12.6. The number of carbonyl (C=O) groups excluding carboxylic acids is 4. The number of hydrogen-bond acceptors (Lipinski definition) is 10. The molecule has 0 aliphatic carbocycles. The van der Waals surface area contributed by atoms with E-state index in [9.17, 15) is 19.2 Å². The van der Waals surface area contributed by atoms with E-state index in [0.29, 0.717) is 13.0 Å². The molecule has 0 aromatic heterocycles. The van der Waals surface area contributed by atoms with E-state index >= 15 is 0 Å². The first kappa shape index (κ1) is 17.6. The van der Waals surface area contributed by atoms with Gasteiger partial charge in [-0.15, -0.1) is 0 Å². The van der Waals surface area contributed by atoms with Crippen LogP contribution in [0.1, 0.15) is 19.3 Å². The van der Waals surface area contributed by atoms with Crippen LogP contribution in [-0.4, -0.2) is 42.1 Å². The highest BCUT2D eigenvalue weighted by Crippen LogP contribution is 2.36. The van der Waals surface area contributed by atoms with E-state index in [1.165, 1.54) is 0 Å². The molecule has 2 heterocycles. The van der Waals surface area contributed by atoms with Gasteiger partial charge in [0.25, 0.3) is 0 Å².